The van der Waals surface area contributed by atoms with Crippen LogP contribution in [0.15, 0.2) is 11.6 Å². The van der Waals surface area contributed by atoms with Crippen LogP contribution in [0.2, 0.25) is 0 Å². The molecule has 5 rings (SSSR count). The maximum Gasteiger partial charge on any atom is 0.303 e. The SMILES string of the molecule is CC(=O)O[C@@H]1C[C@]2(C)[C@H]3CC=C4[C@@H]5CC(C)(C)CC[C@]5(C#N)CC[C@@]4(C)[C@]3(C)CC[C@H]2C(C)(C)[C@H]1OC(C)=O. The Balaban J connectivity index is 1.58. The van der Waals surface area contributed by atoms with Gasteiger partial charge in [-0.1, -0.05) is 60.1 Å². The molecule has 5 heteroatoms. The molecule has 5 nitrogen and oxygen atoms in total. The summed E-state index contributed by atoms with van der Waals surface area (Å²) in [5, 5.41) is 10.5. The monoisotopic (exact) mass is 537 g/mol. The Morgan fingerprint density at radius 1 is 0.872 bits per heavy atom. The van der Waals surface area contributed by atoms with E-state index in [4.69, 9.17) is 9.47 Å². The zero-order valence-electron chi connectivity index (χ0n) is 25.9. The maximum atomic E-state index is 12.2. The lowest BCUT2D eigenvalue weighted by molar-refractivity contribution is -0.243. The zero-order chi connectivity index (χ0) is 28.8. The summed E-state index contributed by atoms with van der Waals surface area (Å²) in [6.45, 7) is 19.6. The number of fused-ring (bicyclic) bond motifs is 7. The highest BCUT2D eigenvalue weighted by molar-refractivity contribution is 5.67. The molecule has 0 amide bonds. The van der Waals surface area contributed by atoms with Crippen LogP contribution in [0, 0.1) is 61.6 Å². The van der Waals surface area contributed by atoms with E-state index in [0.29, 0.717) is 17.8 Å². The molecule has 4 saturated carbocycles. The Hall–Kier alpha value is -1.83. The van der Waals surface area contributed by atoms with Gasteiger partial charge in [-0.25, -0.2) is 0 Å². The first-order valence-electron chi connectivity index (χ1n) is 15.4. The molecule has 0 unspecified atom stereocenters. The van der Waals surface area contributed by atoms with Gasteiger partial charge in [0, 0.05) is 19.3 Å². The van der Waals surface area contributed by atoms with Gasteiger partial charge in [0.2, 0.25) is 0 Å². The molecule has 0 heterocycles. The number of nitrogens with zero attached hydrogens (tertiary/aromatic N) is 1. The van der Waals surface area contributed by atoms with Gasteiger partial charge in [-0.15, -0.1) is 0 Å². The Morgan fingerprint density at radius 2 is 1.51 bits per heavy atom. The minimum atomic E-state index is -0.445. The lowest BCUT2D eigenvalue weighted by Gasteiger charge is -2.71. The number of esters is 2. The Labute approximate surface area is 236 Å². The van der Waals surface area contributed by atoms with Crippen LogP contribution in [0.3, 0.4) is 0 Å². The number of rotatable bonds is 2. The third-order valence-corrected chi connectivity index (χ3v) is 13.3. The average molecular weight is 538 g/mol. The molecule has 0 N–H and O–H groups in total. The van der Waals surface area contributed by atoms with Crippen molar-refractivity contribution in [2.75, 3.05) is 0 Å². The molecule has 216 valence electrons. The van der Waals surface area contributed by atoms with Gasteiger partial charge < -0.3 is 9.47 Å². The van der Waals surface area contributed by atoms with E-state index < -0.39 is 12.2 Å². The maximum absolute atomic E-state index is 12.2. The van der Waals surface area contributed by atoms with Crippen LogP contribution in [0.5, 0.6) is 0 Å². The Morgan fingerprint density at radius 3 is 2.13 bits per heavy atom. The molecule has 0 aliphatic heterocycles. The molecule has 0 radical (unpaired) electrons. The second-order valence-electron chi connectivity index (χ2n) is 16.2. The molecule has 0 saturated heterocycles. The fourth-order valence-corrected chi connectivity index (χ4v) is 11.3. The predicted molar refractivity (Wildman–Crippen MR) is 151 cm³/mol. The molecule has 39 heavy (non-hydrogen) atoms. The number of ether oxygens (including phenoxy) is 2. The number of allylic oxidation sites excluding steroid dienone is 2. The summed E-state index contributed by atoms with van der Waals surface area (Å²) in [6.07, 6.45) is 10.9. The van der Waals surface area contributed by atoms with Gasteiger partial charge in [-0.3, -0.25) is 9.59 Å². The van der Waals surface area contributed by atoms with Crippen LogP contribution in [0.1, 0.15) is 120 Å². The van der Waals surface area contributed by atoms with E-state index in [9.17, 15) is 14.9 Å². The summed E-state index contributed by atoms with van der Waals surface area (Å²) < 4.78 is 11.9. The van der Waals surface area contributed by atoms with Crippen molar-refractivity contribution in [2.45, 2.75) is 132 Å². The van der Waals surface area contributed by atoms with Crippen molar-refractivity contribution >= 4 is 11.9 Å². The van der Waals surface area contributed by atoms with Crippen LogP contribution in [-0.2, 0) is 19.1 Å². The normalized spacial score (nSPS) is 47.6. The first kappa shape index (κ1) is 28.7. The molecular formula is C34H51NO4. The molecule has 0 aromatic rings. The average Bonchev–Trinajstić information content (AvgIpc) is 2.81. The summed E-state index contributed by atoms with van der Waals surface area (Å²) in [4.78, 5) is 24.4. The number of carbonyl (C=O) groups is 2. The summed E-state index contributed by atoms with van der Waals surface area (Å²) in [5.74, 6) is 0.503. The van der Waals surface area contributed by atoms with E-state index >= 15 is 0 Å². The largest absolute Gasteiger partial charge is 0.459 e. The lowest BCUT2D eigenvalue weighted by Crippen LogP contribution is -2.67. The van der Waals surface area contributed by atoms with Gasteiger partial charge in [0.25, 0.3) is 0 Å². The second-order valence-corrected chi connectivity index (χ2v) is 16.2. The predicted octanol–water partition coefficient (Wildman–Crippen LogP) is 7.78. The quantitative estimate of drug-likeness (QED) is 0.265. The molecular weight excluding hydrogens is 486 g/mol. The molecule has 5 aliphatic rings. The van der Waals surface area contributed by atoms with Crippen LogP contribution < -0.4 is 0 Å². The van der Waals surface area contributed by atoms with Crippen molar-refractivity contribution in [3.8, 4) is 6.07 Å². The van der Waals surface area contributed by atoms with Crippen LogP contribution in [0.4, 0.5) is 0 Å². The van der Waals surface area contributed by atoms with E-state index in [0.717, 1.165) is 57.8 Å². The van der Waals surface area contributed by atoms with Crippen LogP contribution in [-0.4, -0.2) is 24.1 Å². The Bertz CT molecular complexity index is 1130. The van der Waals surface area contributed by atoms with Crippen molar-refractivity contribution < 1.29 is 19.1 Å². The number of carbonyl (C=O) groups excluding carboxylic acids is 2. The molecule has 9 atom stereocenters. The molecule has 0 bridgehead atoms. The second kappa shape index (κ2) is 8.83. The minimum Gasteiger partial charge on any atom is -0.459 e. The molecule has 5 aliphatic carbocycles. The van der Waals surface area contributed by atoms with Crippen molar-refractivity contribution in [1.29, 1.82) is 5.26 Å². The van der Waals surface area contributed by atoms with Gasteiger partial charge in [-0.2, -0.15) is 5.26 Å². The number of nitriles is 1. The molecule has 0 aromatic heterocycles. The van der Waals surface area contributed by atoms with E-state index in [2.05, 4.69) is 60.6 Å². The lowest BCUT2D eigenvalue weighted by atomic mass is 9.33. The van der Waals surface area contributed by atoms with Crippen LogP contribution in [0.25, 0.3) is 0 Å². The smallest absolute Gasteiger partial charge is 0.303 e. The highest BCUT2D eigenvalue weighted by Crippen LogP contribution is 2.75. The van der Waals surface area contributed by atoms with Crippen molar-refractivity contribution in [1.82, 2.24) is 0 Å². The molecule has 0 aromatic carbocycles. The number of hydrogen-bond acceptors (Lipinski definition) is 5. The van der Waals surface area contributed by atoms with Gasteiger partial charge >= 0.3 is 11.9 Å². The summed E-state index contributed by atoms with van der Waals surface area (Å²) in [7, 11) is 0. The van der Waals surface area contributed by atoms with E-state index in [1.165, 1.54) is 13.8 Å². The standard InChI is InChI=1S/C34H51NO4/c1-21(36)38-25-19-31(7)26(30(5,6)28(25)39-22(2)37)12-13-33(9)27(31)11-10-23-24-18-29(3,4)14-16-34(24,20-35)17-15-32(23,33)8/h10,24-28H,11-19H2,1-9H3/t24-,25+,26-,27+,28-,31-,32+,33+,34+/m0/s1. The first-order valence-corrected chi connectivity index (χ1v) is 15.4. The Kier molecular flexibility index (Phi) is 6.50. The number of hydrogen-bond donors (Lipinski definition) is 0. The van der Waals surface area contributed by atoms with Gasteiger partial charge in [0.05, 0.1) is 11.5 Å². The van der Waals surface area contributed by atoms with Crippen LogP contribution >= 0.6 is 0 Å². The summed E-state index contributed by atoms with van der Waals surface area (Å²) in [6, 6.07) is 2.87. The van der Waals surface area contributed by atoms with Crippen molar-refractivity contribution in [2.24, 2.45) is 50.2 Å². The topological polar surface area (TPSA) is 76.4 Å². The van der Waals surface area contributed by atoms with Gasteiger partial charge in [0.1, 0.15) is 12.2 Å². The third kappa shape index (κ3) is 3.97. The van der Waals surface area contributed by atoms with E-state index in [-0.39, 0.29) is 44.4 Å². The fourth-order valence-electron chi connectivity index (χ4n) is 11.3. The minimum absolute atomic E-state index is 0.0517. The zero-order valence-corrected chi connectivity index (χ0v) is 25.9. The first-order chi connectivity index (χ1) is 18.0. The molecule has 4 fully saturated rings. The highest BCUT2D eigenvalue weighted by Gasteiger charge is 2.70. The molecule has 0 spiro atoms. The summed E-state index contributed by atoms with van der Waals surface area (Å²) >= 11 is 0. The van der Waals surface area contributed by atoms with E-state index in [1.807, 2.05) is 0 Å². The fraction of sp³-hybridized carbons (Fsp3) is 0.853. The van der Waals surface area contributed by atoms with Crippen molar-refractivity contribution in [3.05, 3.63) is 11.6 Å². The van der Waals surface area contributed by atoms with Crippen molar-refractivity contribution in [3.63, 3.8) is 0 Å². The highest BCUT2D eigenvalue weighted by atomic mass is 16.6. The van der Waals surface area contributed by atoms with Gasteiger partial charge in [0.15, 0.2) is 0 Å². The van der Waals surface area contributed by atoms with Gasteiger partial charge in [-0.05, 0) is 97.2 Å². The van der Waals surface area contributed by atoms with E-state index in [1.54, 1.807) is 5.57 Å². The third-order valence-electron chi connectivity index (χ3n) is 13.3. The summed E-state index contributed by atoms with van der Waals surface area (Å²) in [5.41, 5.74) is 1.40.